The first kappa shape index (κ1) is 20.3. The summed E-state index contributed by atoms with van der Waals surface area (Å²) in [6.07, 6.45) is 3.59. The molecule has 1 saturated heterocycles. The molecule has 6 heteroatoms. The van der Waals surface area contributed by atoms with Gasteiger partial charge < -0.3 is 19.9 Å². The first-order chi connectivity index (χ1) is 13.7. The zero-order valence-electron chi connectivity index (χ0n) is 16.8. The number of likely N-dealkylation sites (N-methyl/N-ethyl adjacent to an activating group) is 1. The third-order valence-corrected chi connectivity index (χ3v) is 5.25. The van der Waals surface area contributed by atoms with Crippen LogP contribution < -0.4 is 10.1 Å². The molecule has 2 aromatic rings. The van der Waals surface area contributed by atoms with E-state index in [-0.39, 0.29) is 11.9 Å². The molecule has 1 aromatic heterocycles. The highest BCUT2D eigenvalue weighted by Crippen LogP contribution is 2.24. The number of benzene rings is 1. The van der Waals surface area contributed by atoms with Crippen molar-refractivity contribution in [2.24, 2.45) is 0 Å². The summed E-state index contributed by atoms with van der Waals surface area (Å²) in [7, 11) is 0. The fourth-order valence-electron chi connectivity index (χ4n) is 3.51. The monoisotopic (exact) mass is 382 g/mol. The number of carbonyl (C=O) groups excluding carboxylic acids is 1. The molecule has 2 heterocycles. The Kier molecular flexibility index (Phi) is 7.39. The van der Waals surface area contributed by atoms with E-state index in [1.165, 1.54) is 0 Å². The third kappa shape index (κ3) is 5.09. The molecule has 0 saturated carbocycles. The molecule has 1 atom stereocenters. The average Bonchev–Trinajstić information content (AvgIpc) is 2.77. The first-order valence-corrected chi connectivity index (χ1v) is 10.1. The largest absolute Gasteiger partial charge is 0.492 e. The van der Waals surface area contributed by atoms with E-state index < -0.39 is 0 Å². The molecular weight excluding hydrogens is 352 g/mol. The Morgan fingerprint density at radius 2 is 2.04 bits per heavy atom. The van der Waals surface area contributed by atoms with E-state index in [1.807, 2.05) is 47.5 Å². The fraction of sp³-hybridized carbons (Fsp3) is 0.455. The summed E-state index contributed by atoms with van der Waals surface area (Å²) in [4.78, 5) is 21.6. The van der Waals surface area contributed by atoms with E-state index in [4.69, 9.17) is 4.74 Å². The van der Waals surface area contributed by atoms with Crippen LogP contribution in [0.5, 0.6) is 5.75 Å². The minimum Gasteiger partial charge on any atom is -0.492 e. The Bertz CT molecular complexity index is 732. The van der Waals surface area contributed by atoms with Gasteiger partial charge in [0.1, 0.15) is 12.4 Å². The van der Waals surface area contributed by atoms with Gasteiger partial charge in [-0.1, -0.05) is 19.9 Å². The minimum absolute atomic E-state index is 0.0000489. The lowest BCUT2D eigenvalue weighted by atomic mass is 10.0. The summed E-state index contributed by atoms with van der Waals surface area (Å²) >= 11 is 0. The van der Waals surface area contributed by atoms with Crippen molar-refractivity contribution in [3.63, 3.8) is 0 Å². The smallest absolute Gasteiger partial charge is 0.254 e. The Hall–Kier alpha value is -2.44. The van der Waals surface area contributed by atoms with Gasteiger partial charge in [-0.2, -0.15) is 0 Å². The maximum absolute atomic E-state index is 13.1. The molecule has 1 N–H and O–H groups in total. The Morgan fingerprint density at radius 3 is 2.71 bits per heavy atom. The molecule has 28 heavy (non-hydrogen) atoms. The number of aromatic nitrogens is 1. The molecule has 1 unspecified atom stereocenters. The number of amides is 1. The lowest BCUT2D eigenvalue weighted by molar-refractivity contribution is 0.0634. The Labute approximate surface area is 167 Å². The molecule has 1 aromatic carbocycles. The maximum Gasteiger partial charge on any atom is 0.254 e. The van der Waals surface area contributed by atoms with Gasteiger partial charge in [-0.3, -0.25) is 9.78 Å². The number of pyridine rings is 1. The van der Waals surface area contributed by atoms with Gasteiger partial charge in [-0.05, 0) is 49.0 Å². The number of ether oxygens (including phenoxy) is 1. The van der Waals surface area contributed by atoms with Crippen LogP contribution in [0.25, 0.3) is 0 Å². The van der Waals surface area contributed by atoms with Crippen LogP contribution in [0.2, 0.25) is 0 Å². The fourth-order valence-corrected chi connectivity index (χ4v) is 3.51. The number of carbonyl (C=O) groups is 1. The highest BCUT2D eigenvalue weighted by atomic mass is 16.5. The molecule has 0 radical (unpaired) electrons. The van der Waals surface area contributed by atoms with E-state index in [9.17, 15) is 4.79 Å². The maximum atomic E-state index is 13.1. The number of hydrogen-bond acceptors (Lipinski definition) is 5. The van der Waals surface area contributed by atoms with E-state index in [0.717, 1.165) is 44.0 Å². The zero-order chi connectivity index (χ0) is 19.8. The number of hydrogen-bond donors (Lipinski definition) is 1. The molecule has 0 spiro atoms. The molecule has 6 nitrogen and oxygen atoms in total. The van der Waals surface area contributed by atoms with Gasteiger partial charge in [0.15, 0.2) is 0 Å². The number of rotatable bonds is 8. The lowest BCUT2D eigenvalue weighted by Crippen LogP contribution is -2.48. The number of nitrogens with one attached hydrogen (secondary N) is 1. The van der Waals surface area contributed by atoms with Crippen LogP contribution in [0.3, 0.4) is 0 Å². The number of piperazine rings is 1. The molecule has 1 amide bonds. The topological polar surface area (TPSA) is 57.7 Å². The van der Waals surface area contributed by atoms with Crippen molar-refractivity contribution in [2.75, 3.05) is 45.9 Å². The van der Waals surface area contributed by atoms with Crippen molar-refractivity contribution in [3.8, 4) is 5.75 Å². The summed E-state index contributed by atoms with van der Waals surface area (Å²) in [5, 5.41) is 3.37. The van der Waals surface area contributed by atoms with Crippen molar-refractivity contribution >= 4 is 5.91 Å². The van der Waals surface area contributed by atoms with Gasteiger partial charge in [0, 0.05) is 44.1 Å². The van der Waals surface area contributed by atoms with Crippen molar-refractivity contribution in [1.29, 1.82) is 0 Å². The molecule has 1 aliphatic rings. The molecule has 3 rings (SSSR count). The summed E-state index contributed by atoms with van der Waals surface area (Å²) in [5.74, 6) is 0.845. The normalized spacial score (nSPS) is 17.0. The first-order valence-electron chi connectivity index (χ1n) is 10.1. The Balaban J connectivity index is 1.63. The summed E-state index contributed by atoms with van der Waals surface area (Å²) < 4.78 is 5.83. The summed E-state index contributed by atoms with van der Waals surface area (Å²) in [6.45, 7) is 10.1. The second-order valence-corrected chi connectivity index (χ2v) is 6.90. The average molecular weight is 383 g/mol. The quantitative estimate of drug-likeness (QED) is 0.761. The minimum atomic E-state index is -0.0000489. The van der Waals surface area contributed by atoms with Crippen LogP contribution in [0.15, 0.2) is 48.8 Å². The van der Waals surface area contributed by atoms with Gasteiger partial charge in [0.05, 0.1) is 6.04 Å². The molecule has 0 aliphatic carbocycles. The summed E-state index contributed by atoms with van der Waals surface area (Å²) in [5.41, 5.74) is 1.74. The Morgan fingerprint density at radius 1 is 1.25 bits per heavy atom. The highest BCUT2D eigenvalue weighted by Gasteiger charge is 2.28. The molecule has 1 aliphatic heterocycles. The van der Waals surface area contributed by atoms with Gasteiger partial charge in [-0.15, -0.1) is 0 Å². The predicted octanol–water partition coefficient (Wildman–Crippen LogP) is 2.59. The highest BCUT2D eigenvalue weighted by molar-refractivity contribution is 5.94. The molecule has 0 bridgehead atoms. The molecule has 150 valence electrons. The van der Waals surface area contributed by atoms with Crippen LogP contribution in [-0.4, -0.2) is 66.6 Å². The van der Waals surface area contributed by atoms with Gasteiger partial charge in [0.2, 0.25) is 0 Å². The van der Waals surface area contributed by atoms with Crippen molar-refractivity contribution in [3.05, 3.63) is 59.9 Å². The number of nitrogens with zero attached hydrogens (tertiary/aromatic N) is 3. The van der Waals surface area contributed by atoms with Crippen LogP contribution in [0.1, 0.15) is 35.8 Å². The van der Waals surface area contributed by atoms with Crippen LogP contribution in [0, 0.1) is 0 Å². The van der Waals surface area contributed by atoms with Crippen LogP contribution >= 0.6 is 0 Å². The molecular formula is C22H30N4O2. The van der Waals surface area contributed by atoms with Crippen molar-refractivity contribution in [2.45, 2.75) is 19.9 Å². The van der Waals surface area contributed by atoms with Gasteiger partial charge in [0.25, 0.3) is 5.91 Å². The van der Waals surface area contributed by atoms with Gasteiger partial charge in [-0.25, -0.2) is 0 Å². The van der Waals surface area contributed by atoms with Gasteiger partial charge >= 0.3 is 0 Å². The second kappa shape index (κ2) is 10.2. The second-order valence-electron chi connectivity index (χ2n) is 6.90. The molecule has 1 fully saturated rings. The summed E-state index contributed by atoms with van der Waals surface area (Å²) in [6, 6.07) is 11.4. The van der Waals surface area contributed by atoms with E-state index in [0.29, 0.717) is 18.7 Å². The van der Waals surface area contributed by atoms with Crippen LogP contribution in [0.4, 0.5) is 0 Å². The predicted molar refractivity (Wildman–Crippen MR) is 111 cm³/mol. The van der Waals surface area contributed by atoms with Crippen molar-refractivity contribution < 1.29 is 9.53 Å². The lowest BCUT2D eigenvalue weighted by Gasteiger charge is -2.36. The van der Waals surface area contributed by atoms with E-state index in [1.54, 1.807) is 6.20 Å². The standard InChI is InChI=1S/C22H30N4O2/c1-3-25(4-2)14-15-28-20-9-7-18(8-10-20)22(27)26-13-12-24-17-21(26)19-6-5-11-23-16-19/h5-11,16,21,24H,3-4,12-15,17H2,1-2H3. The van der Waals surface area contributed by atoms with E-state index in [2.05, 4.69) is 29.0 Å². The van der Waals surface area contributed by atoms with Crippen LogP contribution in [-0.2, 0) is 0 Å². The zero-order valence-corrected chi connectivity index (χ0v) is 16.8. The van der Waals surface area contributed by atoms with E-state index >= 15 is 0 Å². The third-order valence-electron chi connectivity index (χ3n) is 5.25. The van der Waals surface area contributed by atoms with Crippen molar-refractivity contribution in [1.82, 2.24) is 20.1 Å². The SMILES string of the molecule is CCN(CC)CCOc1ccc(C(=O)N2CCNCC2c2cccnc2)cc1.